The molecule has 0 radical (unpaired) electrons. The van der Waals surface area contributed by atoms with E-state index in [4.69, 9.17) is 4.74 Å². The fraction of sp³-hybridized carbons (Fsp3) is 0.200. The van der Waals surface area contributed by atoms with E-state index in [0.29, 0.717) is 6.42 Å². The smallest absolute Gasteiger partial charge is 0.164 e. The number of ketones is 1. The van der Waals surface area contributed by atoms with E-state index in [1.165, 1.54) is 0 Å². The molecule has 1 aliphatic carbocycles. The molecule has 3 rings (SSSR count). The van der Waals surface area contributed by atoms with Gasteiger partial charge in [0.2, 0.25) is 0 Å². The number of hydrogen-bond acceptors (Lipinski definition) is 3. The van der Waals surface area contributed by atoms with Crippen LogP contribution < -0.4 is 4.74 Å². The summed E-state index contributed by atoms with van der Waals surface area (Å²) in [6, 6.07) is 9.57. The first kappa shape index (κ1) is 11.0. The zero-order valence-corrected chi connectivity index (χ0v) is 10.1. The van der Waals surface area contributed by atoms with Crippen LogP contribution in [-0.4, -0.2) is 17.9 Å². The summed E-state index contributed by atoms with van der Waals surface area (Å²) in [5.74, 6) is 1.07. The predicted molar refractivity (Wildman–Crippen MR) is 68.0 cm³/mol. The molecule has 0 amide bonds. The Hall–Kier alpha value is -2.16. The maximum absolute atomic E-state index is 12.0. The quantitative estimate of drug-likeness (QED) is 0.809. The average molecular weight is 239 g/mol. The van der Waals surface area contributed by atoms with Gasteiger partial charge in [-0.25, -0.2) is 0 Å². The molecule has 0 spiro atoms. The number of fused-ring (bicyclic) bond motifs is 1. The van der Waals surface area contributed by atoms with E-state index >= 15 is 0 Å². The highest BCUT2D eigenvalue weighted by Gasteiger charge is 2.32. The van der Waals surface area contributed by atoms with Crippen molar-refractivity contribution in [2.24, 2.45) is 0 Å². The van der Waals surface area contributed by atoms with Crippen molar-refractivity contribution >= 4 is 5.78 Å². The molecule has 0 aliphatic heterocycles. The second-order valence-electron chi connectivity index (χ2n) is 4.38. The van der Waals surface area contributed by atoms with Gasteiger partial charge in [-0.15, -0.1) is 0 Å². The third-order valence-corrected chi connectivity index (χ3v) is 3.43. The van der Waals surface area contributed by atoms with Crippen molar-refractivity contribution in [3.05, 3.63) is 59.4 Å². The second kappa shape index (κ2) is 4.26. The van der Waals surface area contributed by atoms with E-state index in [9.17, 15) is 4.79 Å². The molecule has 0 saturated carbocycles. The number of pyridine rings is 1. The predicted octanol–water partition coefficient (Wildman–Crippen LogP) is 2.81. The molecule has 0 N–H and O–H groups in total. The Morgan fingerprint density at radius 2 is 2.00 bits per heavy atom. The Bertz CT molecular complexity index is 593. The zero-order valence-electron chi connectivity index (χ0n) is 10.1. The minimum absolute atomic E-state index is 0.0895. The van der Waals surface area contributed by atoms with Crippen LogP contribution in [0.3, 0.4) is 0 Å². The molecule has 3 nitrogen and oxygen atoms in total. The molecule has 3 heteroatoms. The van der Waals surface area contributed by atoms with E-state index in [0.717, 1.165) is 22.4 Å². The summed E-state index contributed by atoms with van der Waals surface area (Å²) in [6.45, 7) is 0. The highest BCUT2D eigenvalue weighted by atomic mass is 16.5. The number of benzene rings is 1. The van der Waals surface area contributed by atoms with Crippen molar-refractivity contribution in [3.8, 4) is 5.75 Å². The molecule has 0 saturated heterocycles. The maximum atomic E-state index is 12.0. The number of Topliss-reactive ketones (excluding diaryl/α,β-unsaturated/α-hetero) is 1. The molecule has 0 bridgehead atoms. The molecule has 90 valence electrons. The van der Waals surface area contributed by atoms with Crippen LogP contribution in [0.2, 0.25) is 0 Å². The topological polar surface area (TPSA) is 39.2 Å². The molecule has 0 fully saturated rings. The van der Waals surface area contributed by atoms with Gasteiger partial charge in [0, 0.05) is 35.9 Å². The molecule has 1 aromatic carbocycles. The standard InChI is InChI=1S/C15H13NO2/c1-18-14-4-2-3-11-13(17)9-12(15(11)14)10-5-7-16-8-6-10/h2-8,12H,9H2,1H3. The fourth-order valence-electron chi connectivity index (χ4n) is 2.60. The van der Waals surface area contributed by atoms with E-state index in [1.54, 1.807) is 19.5 Å². The number of methoxy groups -OCH3 is 1. The number of rotatable bonds is 2. The molecular weight excluding hydrogens is 226 g/mol. The lowest BCUT2D eigenvalue weighted by Gasteiger charge is -2.14. The van der Waals surface area contributed by atoms with Crippen LogP contribution >= 0.6 is 0 Å². The molecule has 1 unspecified atom stereocenters. The number of hydrogen-bond donors (Lipinski definition) is 0. The van der Waals surface area contributed by atoms with Crippen molar-refractivity contribution in [2.75, 3.05) is 7.11 Å². The third-order valence-electron chi connectivity index (χ3n) is 3.43. The summed E-state index contributed by atoms with van der Waals surface area (Å²) in [6.07, 6.45) is 4.03. The summed E-state index contributed by atoms with van der Waals surface area (Å²) in [5.41, 5.74) is 2.91. The van der Waals surface area contributed by atoms with E-state index in [2.05, 4.69) is 4.98 Å². The lowest BCUT2D eigenvalue weighted by atomic mass is 9.93. The minimum atomic E-state index is 0.0895. The van der Waals surface area contributed by atoms with Crippen LogP contribution in [0.15, 0.2) is 42.7 Å². The van der Waals surface area contributed by atoms with Crippen LogP contribution in [0.25, 0.3) is 0 Å². The van der Waals surface area contributed by atoms with Gasteiger partial charge in [-0.2, -0.15) is 0 Å². The highest BCUT2D eigenvalue weighted by Crippen LogP contribution is 2.42. The van der Waals surface area contributed by atoms with E-state index in [-0.39, 0.29) is 11.7 Å². The lowest BCUT2D eigenvalue weighted by molar-refractivity contribution is 0.0991. The van der Waals surface area contributed by atoms with Gasteiger partial charge in [0.1, 0.15) is 5.75 Å². The SMILES string of the molecule is COc1cccc2c1C(c1ccncc1)CC2=O. The Morgan fingerprint density at radius 3 is 2.72 bits per heavy atom. The summed E-state index contributed by atoms with van der Waals surface area (Å²) in [7, 11) is 1.64. The van der Waals surface area contributed by atoms with E-state index < -0.39 is 0 Å². The second-order valence-corrected chi connectivity index (χ2v) is 4.38. The van der Waals surface area contributed by atoms with Crippen molar-refractivity contribution in [2.45, 2.75) is 12.3 Å². The van der Waals surface area contributed by atoms with Crippen LogP contribution in [0.1, 0.15) is 33.8 Å². The fourth-order valence-corrected chi connectivity index (χ4v) is 2.60. The van der Waals surface area contributed by atoms with Gasteiger partial charge in [0.05, 0.1) is 7.11 Å². The summed E-state index contributed by atoms with van der Waals surface area (Å²) in [4.78, 5) is 16.1. The van der Waals surface area contributed by atoms with Gasteiger partial charge >= 0.3 is 0 Å². The van der Waals surface area contributed by atoms with Gasteiger partial charge in [0.25, 0.3) is 0 Å². The highest BCUT2D eigenvalue weighted by molar-refractivity contribution is 6.02. The minimum Gasteiger partial charge on any atom is -0.496 e. The molecule has 18 heavy (non-hydrogen) atoms. The molecule has 1 atom stereocenters. The van der Waals surface area contributed by atoms with Crippen molar-refractivity contribution in [3.63, 3.8) is 0 Å². The van der Waals surface area contributed by atoms with Crippen LogP contribution in [0.4, 0.5) is 0 Å². The molecule has 1 heterocycles. The first-order valence-corrected chi connectivity index (χ1v) is 5.91. The summed E-state index contributed by atoms with van der Waals surface area (Å²) >= 11 is 0. The van der Waals surface area contributed by atoms with Crippen LogP contribution in [0, 0.1) is 0 Å². The van der Waals surface area contributed by atoms with Crippen LogP contribution in [0.5, 0.6) is 5.75 Å². The average Bonchev–Trinajstić information content (AvgIpc) is 2.77. The maximum Gasteiger partial charge on any atom is 0.164 e. The Labute approximate surface area is 105 Å². The van der Waals surface area contributed by atoms with Crippen molar-refractivity contribution in [1.82, 2.24) is 4.98 Å². The normalized spacial score (nSPS) is 17.6. The first-order valence-electron chi connectivity index (χ1n) is 5.91. The van der Waals surface area contributed by atoms with Crippen molar-refractivity contribution in [1.29, 1.82) is 0 Å². The number of carbonyl (C=O) groups excluding carboxylic acids is 1. The van der Waals surface area contributed by atoms with Gasteiger partial charge < -0.3 is 4.74 Å². The molecular formula is C15H13NO2. The largest absolute Gasteiger partial charge is 0.496 e. The van der Waals surface area contributed by atoms with Crippen LogP contribution in [-0.2, 0) is 0 Å². The van der Waals surface area contributed by atoms with E-state index in [1.807, 2.05) is 30.3 Å². The Morgan fingerprint density at radius 1 is 1.22 bits per heavy atom. The zero-order chi connectivity index (χ0) is 12.5. The van der Waals surface area contributed by atoms with Gasteiger partial charge in [-0.05, 0) is 23.8 Å². The van der Waals surface area contributed by atoms with Gasteiger partial charge in [-0.1, -0.05) is 12.1 Å². The Balaban J connectivity index is 2.16. The van der Waals surface area contributed by atoms with Crippen molar-refractivity contribution < 1.29 is 9.53 Å². The number of ether oxygens (including phenoxy) is 1. The summed E-state index contributed by atoms with van der Waals surface area (Å²) < 4.78 is 5.39. The summed E-state index contributed by atoms with van der Waals surface area (Å²) in [5, 5.41) is 0. The first-order chi connectivity index (χ1) is 8.81. The molecule has 1 aromatic heterocycles. The van der Waals surface area contributed by atoms with Gasteiger partial charge in [0.15, 0.2) is 5.78 Å². The lowest BCUT2D eigenvalue weighted by Crippen LogP contribution is -1.99. The Kier molecular flexibility index (Phi) is 2.59. The monoisotopic (exact) mass is 239 g/mol. The third kappa shape index (κ3) is 1.59. The number of aromatic nitrogens is 1. The molecule has 2 aromatic rings. The number of nitrogens with zero attached hydrogens (tertiary/aromatic N) is 1. The van der Waals surface area contributed by atoms with Gasteiger partial charge in [-0.3, -0.25) is 9.78 Å². The molecule has 1 aliphatic rings. The number of carbonyl (C=O) groups is 1.